The van der Waals surface area contributed by atoms with E-state index in [0.717, 1.165) is 35.2 Å². The van der Waals surface area contributed by atoms with Gasteiger partial charge >= 0.3 is 0 Å². The number of methoxy groups -OCH3 is 1. The minimum absolute atomic E-state index is 0.291. The Balaban J connectivity index is 1.91. The second kappa shape index (κ2) is 10.1. The highest BCUT2D eigenvalue weighted by atomic mass is 32.1. The van der Waals surface area contributed by atoms with Gasteiger partial charge in [0.15, 0.2) is 4.80 Å². The summed E-state index contributed by atoms with van der Waals surface area (Å²) in [4.78, 5) is 17.8. The molecule has 0 aliphatic heterocycles. The smallest absolute Gasteiger partial charge is 0.279 e. The lowest BCUT2D eigenvalue weighted by molar-refractivity contribution is 0.0997. The van der Waals surface area contributed by atoms with Crippen LogP contribution in [0.3, 0.4) is 0 Å². The van der Waals surface area contributed by atoms with Crippen LogP contribution in [0.25, 0.3) is 10.2 Å². The number of hydrogen-bond donors (Lipinski definition) is 0. The lowest BCUT2D eigenvalue weighted by Crippen LogP contribution is -2.16. The molecule has 0 atom stereocenters. The van der Waals surface area contributed by atoms with Gasteiger partial charge in [0.1, 0.15) is 11.5 Å². The zero-order chi connectivity index (χ0) is 20.6. The summed E-state index contributed by atoms with van der Waals surface area (Å²) in [5, 5.41) is 0. The second-order valence-electron chi connectivity index (χ2n) is 6.62. The summed E-state index contributed by atoms with van der Waals surface area (Å²) in [6.45, 7) is 7.20. The Morgan fingerprint density at radius 2 is 2.07 bits per heavy atom. The molecule has 0 bridgehead atoms. The van der Waals surface area contributed by atoms with Crippen LogP contribution in [-0.4, -0.2) is 24.2 Å². The maximum absolute atomic E-state index is 12.8. The normalized spacial score (nSPS) is 11.6. The molecule has 0 spiro atoms. The Hall–Kier alpha value is -2.86. The van der Waals surface area contributed by atoms with Crippen molar-refractivity contribution < 1.29 is 14.3 Å². The van der Waals surface area contributed by atoms with Crippen molar-refractivity contribution in [1.82, 2.24) is 4.57 Å². The molecule has 3 aromatic rings. The van der Waals surface area contributed by atoms with Gasteiger partial charge in [0, 0.05) is 12.1 Å². The van der Waals surface area contributed by atoms with E-state index in [4.69, 9.17) is 9.47 Å². The van der Waals surface area contributed by atoms with Crippen molar-refractivity contribution in [3.05, 3.63) is 65.5 Å². The molecule has 29 heavy (non-hydrogen) atoms. The van der Waals surface area contributed by atoms with Crippen LogP contribution in [0.5, 0.6) is 11.5 Å². The standard InChI is InChI=1S/C23H26N2O3S/c1-4-6-7-14-28-19-10-8-9-17(15-19)22(26)24-23-25(13-5-2)20-12-11-18(27-3)16-21(20)29-23/h5,8-12,15-16H,2,4,6-7,13-14H2,1,3H3. The van der Waals surface area contributed by atoms with Crippen molar-refractivity contribution in [3.8, 4) is 11.5 Å². The van der Waals surface area contributed by atoms with Crippen molar-refractivity contribution in [2.24, 2.45) is 4.99 Å². The first-order valence-corrected chi connectivity index (χ1v) is 10.6. The van der Waals surface area contributed by atoms with Gasteiger partial charge in [0.05, 0.1) is 23.9 Å². The number of rotatable bonds is 9. The van der Waals surface area contributed by atoms with Gasteiger partial charge in [-0.25, -0.2) is 0 Å². The molecule has 2 aromatic carbocycles. The Bertz CT molecular complexity index is 1070. The van der Waals surface area contributed by atoms with Crippen molar-refractivity contribution in [2.45, 2.75) is 32.7 Å². The number of carbonyl (C=O) groups excluding carboxylic acids is 1. The minimum atomic E-state index is -0.291. The van der Waals surface area contributed by atoms with Gasteiger partial charge in [0.2, 0.25) is 0 Å². The Labute approximate surface area is 174 Å². The highest BCUT2D eigenvalue weighted by Crippen LogP contribution is 2.23. The Morgan fingerprint density at radius 1 is 1.21 bits per heavy atom. The lowest BCUT2D eigenvalue weighted by Gasteiger charge is -2.06. The van der Waals surface area contributed by atoms with E-state index in [1.165, 1.54) is 11.3 Å². The summed E-state index contributed by atoms with van der Waals surface area (Å²) in [5.41, 5.74) is 1.51. The molecule has 0 radical (unpaired) electrons. The molecular formula is C23H26N2O3S. The van der Waals surface area contributed by atoms with Crippen molar-refractivity contribution in [3.63, 3.8) is 0 Å². The van der Waals surface area contributed by atoms with E-state index in [0.29, 0.717) is 29.3 Å². The predicted molar refractivity (Wildman–Crippen MR) is 118 cm³/mol. The number of carbonyl (C=O) groups is 1. The third-order valence-electron chi connectivity index (χ3n) is 4.50. The molecule has 0 N–H and O–H groups in total. The van der Waals surface area contributed by atoms with Crippen molar-refractivity contribution >= 4 is 27.5 Å². The third kappa shape index (κ3) is 5.15. The van der Waals surface area contributed by atoms with Crippen LogP contribution in [0.1, 0.15) is 36.5 Å². The van der Waals surface area contributed by atoms with Gasteiger partial charge in [-0.2, -0.15) is 4.99 Å². The molecule has 0 saturated heterocycles. The van der Waals surface area contributed by atoms with Crippen LogP contribution in [0, 0.1) is 0 Å². The fraction of sp³-hybridized carbons (Fsp3) is 0.304. The zero-order valence-corrected chi connectivity index (χ0v) is 17.7. The minimum Gasteiger partial charge on any atom is -0.497 e. The second-order valence-corrected chi connectivity index (χ2v) is 7.63. The topological polar surface area (TPSA) is 52.8 Å². The van der Waals surface area contributed by atoms with E-state index in [-0.39, 0.29) is 5.91 Å². The average Bonchev–Trinajstić information content (AvgIpc) is 3.08. The summed E-state index contributed by atoms with van der Waals surface area (Å²) in [7, 11) is 1.64. The summed E-state index contributed by atoms with van der Waals surface area (Å²) in [6, 6.07) is 13.0. The molecule has 152 valence electrons. The molecule has 6 heteroatoms. The predicted octanol–water partition coefficient (Wildman–Crippen LogP) is 5.21. The Kier molecular flexibility index (Phi) is 7.25. The molecule has 0 unspecified atom stereocenters. The Morgan fingerprint density at radius 3 is 2.83 bits per heavy atom. The monoisotopic (exact) mass is 410 g/mol. The summed E-state index contributed by atoms with van der Waals surface area (Å²) < 4.78 is 14.1. The lowest BCUT2D eigenvalue weighted by atomic mass is 10.2. The molecule has 0 saturated carbocycles. The van der Waals surface area contributed by atoms with Gasteiger partial charge in [-0.3, -0.25) is 4.79 Å². The van der Waals surface area contributed by atoms with E-state index in [1.807, 2.05) is 34.9 Å². The van der Waals surface area contributed by atoms with E-state index in [1.54, 1.807) is 25.3 Å². The number of aromatic nitrogens is 1. The molecule has 1 amide bonds. The first kappa shape index (κ1) is 20.9. The number of unbranched alkanes of at least 4 members (excludes halogenated alkanes) is 2. The first-order chi connectivity index (χ1) is 14.2. The van der Waals surface area contributed by atoms with Gasteiger partial charge in [-0.05, 0) is 42.8 Å². The number of ether oxygens (including phenoxy) is 2. The molecule has 0 aliphatic rings. The first-order valence-electron chi connectivity index (χ1n) is 9.76. The molecule has 3 rings (SSSR count). The number of thiazole rings is 1. The van der Waals surface area contributed by atoms with Crippen molar-refractivity contribution in [1.29, 1.82) is 0 Å². The number of fused-ring (bicyclic) bond motifs is 1. The summed E-state index contributed by atoms with van der Waals surface area (Å²) >= 11 is 1.46. The highest BCUT2D eigenvalue weighted by Gasteiger charge is 2.10. The number of hydrogen-bond acceptors (Lipinski definition) is 4. The van der Waals surface area contributed by atoms with E-state index >= 15 is 0 Å². The molecule has 1 aromatic heterocycles. The van der Waals surface area contributed by atoms with E-state index < -0.39 is 0 Å². The van der Waals surface area contributed by atoms with Gasteiger partial charge in [0.25, 0.3) is 5.91 Å². The fourth-order valence-electron chi connectivity index (χ4n) is 2.98. The number of benzene rings is 2. The molecule has 5 nitrogen and oxygen atoms in total. The molecule has 0 fully saturated rings. The van der Waals surface area contributed by atoms with Crippen LogP contribution in [0.15, 0.2) is 60.1 Å². The maximum Gasteiger partial charge on any atom is 0.279 e. The van der Waals surface area contributed by atoms with Crippen LogP contribution >= 0.6 is 11.3 Å². The summed E-state index contributed by atoms with van der Waals surface area (Å²) in [6.07, 6.45) is 5.08. The van der Waals surface area contributed by atoms with Crippen LogP contribution in [-0.2, 0) is 6.54 Å². The average molecular weight is 411 g/mol. The SMILES string of the molecule is C=CCn1c(=NC(=O)c2cccc(OCCCCC)c2)sc2cc(OC)ccc21. The van der Waals surface area contributed by atoms with Gasteiger partial charge < -0.3 is 14.0 Å². The van der Waals surface area contributed by atoms with Crippen LogP contribution in [0.4, 0.5) is 0 Å². The van der Waals surface area contributed by atoms with E-state index in [2.05, 4.69) is 18.5 Å². The highest BCUT2D eigenvalue weighted by molar-refractivity contribution is 7.16. The van der Waals surface area contributed by atoms with Crippen LogP contribution < -0.4 is 14.3 Å². The van der Waals surface area contributed by atoms with Gasteiger partial charge in [-0.1, -0.05) is 43.2 Å². The number of nitrogens with zero attached hydrogens (tertiary/aromatic N) is 2. The fourth-order valence-corrected chi connectivity index (χ4v) is 4.05. The van der Waals surface area contributed by atoms with Crippen molar-refractivity contribution in [2.75, 3.05) is 13.7 Å². The molecule has 1 heterocycles. The quantitative estimate of drug-likeness (QED) is 0.359. The van der Waals surface area contributed by atoms with E-state index in [9.17, 15) is 4.79 Å². The number of allylic oxidation sites excluding steroid dienone is 1. The zero-order valence-electron chi connectivity index (χ0n) is 16.9. The largest absolute Gasteiger partial charge is 0.497 e. The van der Waals surface area contributed by atoms with Crippen LogP contribution in [0.2, 0.25) is 0 Å². The third-order valence-corrected chi connectivity index (χ3v) is 5.54. The molecular weight excluding hydrogens is 384 g/mol. The summed E-state index contributed by atoms with van der Waals surface area (Å²) in [5.74, 6) is 1.18. The number of amides is 1. The maximum atomic E-state index is 12.8. The molecule has 0 aliphatic carbocycles. The van der Waals surface area contributed by atoms with Gasteiger partial charge in [-0.15, -0.1) is 6.58 Å².